The van der Waals surface area contributed by atoms with E-state index in [4.69, 9.17) is 10.3 Å². The first-order valence-electron chi connectivity index (χ1n) is 5.41. The van der Waals surface area contributed by atoms with Crippen LogP contribution in [-0.4, -0.2) is 40.1 Å². The maximum absolute atomic E-state index is 11.1. The van der Waals surface area contributed by atoms with E-state index in [1.165, 1.54) is 0 Å². The number of carbonyl (C=O) groups excluding carboxylic acids is 1. The summed E-state index contributed by atoms with van der Waals surface area (Å²) in [6, 6.07) is -0.228. The monoisotopic (exact) mass is 224 g/mol. The van der Waals surface area contributed by atoms with Crippen LogP contribution in [0.2, 0.25) is 0 Å². The molecule has 1 fully saturated rings. The van der Waals surface area contributed by atoms with E-state index in [9.17, 15) is 4.79 Å². The van der Waals surface area contributed by atoms with Gasteiger partial charge in [-0.1, -0.05) is 5.16 Å². The summed E-state index contributed by atoms with van der Waals surface area (Å²) in [6.07, 6.45) is 0.930. The minimum absolute atomic E-state index is 0.225. The quantitative estimate of drug-likeness (QED) is 0.783. The maximum Gasteiger partial charge on any atom is 0.234 e. The Hall–Kier alpha value is -1.43. The van der Waals surface area contributed by atoms with Crippen molar-refractivity contribution in [3.63, 3.8) is 0 Å². The number of nitrogens with two attached hydrogens (primary N) is 1. The second-order valence-electron chi connectivity index (χ2n) is 4.24. The van der Waals surface area contributed by atoms with Gasteiger partial charge in [0.05, 0.1) is 12.0 Å². The summed E-state index contributed by atoms with van der Waals surface area (Å²) >= 11 is 0. The standard InChI is InChI=1S/C10H16N4O2/c1-6(9(11)15)14-4-3-8(5-14)10-12-7(2)13-16-10/h6,8H,3-5H2,1-2H3,(H2,11,15). The number of primary amides is 1. The Bertz CT molecular complexity index is 390. The van der Waals surface area contributed by atoms with E-state index in [2.05, 4.69) is 10.1 Å². The molecule has 2 heterocycles. The zero-order valence-corrected chi connectivity index (χ0v) is 9.51. The van der Waals surface area contributed by atoms with Gasteiger partial charge < -0.3 is 10.3 Å². The first-order valence-corrected chi connectivity index (χ1v) is 5.41. The maximum atomic E-state index is 11.1. The molecule has 1 saturated heterocycles. The van der Waals surface area contributed by atoms with Crippen molar-refractivity contribution in [1.82, 2.24) is 15.0 Å². The van der Waals surface area contributed by atoms with Crippen LogP contribution in [0.25, 0.3) is 0 Å². The van der Waals surface area contributed by atoms with Gasteiger partial charge in [-0.3, -0.25) is 9.69 Å². The van der Waals surface area contributed by atoms with Gasteiger partial charge in [0.1, 0.15) is 0 Å². The largest absolute Gasteiger partial charge is 0.368 e. The molecule has 1 aliphatic rings. The number of carbonyl (C=O) groups is 1. The average molecular weight is 224 g/mol. The Morgan fingerprint density at radius 3 is 3.00 bits per heavy atom. The number of aromatic nitrogens is 2. The zero-order chi connectivity index (χ0) is 11.7. The van der Waals surface area contributed by atoms with Crippen LogP contribution in [0.15, 0.2) is 4.52 Å². The summed E-state index contributed by atoms with van der Waals surface area (Å²) < 4.78 is 5.13. The van der Waals surface area contributed by atoms with Crippen LogP contribution in [0.5, 0.6) is 0 Å². The van der Waals surface area contributed by atoms with Crippen molar-refractivity contribution in [3.05, 3.63) is 11.7 Å². The summed E-state index contributed by atoms with van der Waals surface area (Å²) in [4.78, 5) is 17.3. The molecule has 6 nitrogen and oxygen atoms in total. The first-order chi connectivity index (χ1) is 7.58. The fourth-order valence-electron chi connectivity index (χ4n) is 2.00. The number of aryl methyl sites for hydroxylation is 1. The van der Waals surface area contributed by atoms with Gasteiger partial charge in [-0.2, -0.15) is 4.98 Å². The van der Waals surface area contributed by atoms with Gasteiger partial charge >= 0.3 is 0 Å². The summed E-state index contributed by atoms with van der Waals surface area (Å²) in [5.41, 5.74) is 5.27. The average Bonchev–Trinajstić information content (AvgIpc) is 2.84. The van der Waals surface area contributed by atoms with Crippen molar-refractivity contribution >= 4 is 5.91 Å². The van der Waals surface area contributed by atoms with E-state index in [1.807, 2.05) is 11.8 Å². The lowest BCUT2D eigenvalue weighted by molar-refractivity contribution is -0.122. The van der Waals surface area contributed by atoms with Crippen LogP contribution in [0.4, 0.5) is 0 Å². The van der Waals surface area contributed by atoms with Gasteiger partial charge in [0.2, 0.25) is 11.8 Å². The molecule has 1 amide bonds. The third-order valence-corrected chi connectivity index (χ3v) is 3.07. The molecule has 0 saturated carbocycles. The third-order valence-electron chi connectivity index (χ3n) is 3.07. The number of hydrogen-bond donors (Lipinski definition) is 1. The molecule has 2 N–H and O–H groups in total. The molecule has 16 heavy (non-hydrogen) atoms. The van der Waals surface area contributed by atoms with Crippen LogP contribution in [-0.2, 0) is 4.79 Å². The van der Waals surface area contributed by atoms with Gasteiger partial charge in [0, 0.05) is 6.54 Å². The minimum atomic E-state index is -0.289. The predicted octanol–water partition coefficient (Wildman–Crippen LogP) is 0.0411. The SMILES string of the molecule is Cc1noc(C2CCN(C(C)C(N)=O)C2)n1. The molecule has 0 bridgehead atoms. The van der Waals surface area contributed by atoms with Crippen molar-refractivity contribution in [2.24, 2.45) is 5.73 Å². The highest BCUT2D eigenvalue weighted by atomic mass is 16.5. The molecular formula is C10H16N4O2. The van der Waals surface area contributed by atoms with Gasteiger partial charge in [-0.15, -0.1) is 0 Å². The molecule has 0 aliphatic carbocycles. The van der Waals surface area contributed by atoms with Crippen molar-refractivity contribution in [2.75, 3.05) is 13.1 Å². The van der Waals surface area contributed by atoms with E-state index in [0.717, 1.165) is 19.5 Å². The van der Waals surface area contributed by atoms with E-state index >= 15 is 0 Å². The second-order valence-corrected chi connectivity index (χ2v) is 4.24. The molecule has 1 aliphatic heterocycles. The topological polar surface area (TPSA) is 85.3 Å². The molecule has 1 aromatic rings. The van der Waals surface area contributed by atoms with Crippen LogP contribution in [0.3, 0.4) is 0 Å². The van der Waals surface area contributed by atoms with Gasteiger partial charge in [-0.25, -0.2) is 0 Å². The van der Waals surface area contributed by atoms with Crippen LogP contribution in [0, 0.1) is 6.92 Å². The molecule has 88 valence electrons. The van der Waals surface area contributed by atoms with Crippen molar-refractivity contribution < 1.29 is 9.32 Å². The van der Waals surface area contributed by atoms with Gasteiger partial charge in [0.15, 0.2) is 5.82 Å². The Morgan fingerprint density at radius 1 is 1.69 bits per heavy atom. The first kappa shape index (κ1) is 11.1. The van der Waals surface area contributed by atoms with E-state index in [-0.39, 0.29) is 17.9 Å². The van der Waals surface area contributed by atoms with E-state index in [0.29, 0.717) is 11.7 Å². The van der Waals surface area contributed by atoms with Gasteiger partial charge in [0.25, 0.3) is 0 Å². The Balaban J connectivity index is 2.00. The highest BCUT2D eigenvalue weighted by Crippen LogP contribution is 2.26. The Kier molecular flexibility index (Phi) is 2.91. The van der Waals surface area contributed by atoms with Crippen LogP contribution < -0.4 is 5.73 Å². The summed E-state index contributed by atoms with van der Waals surface area (Å²) in [7, 11) is 0. The number of likely N-dealkylation sites (tertiary alicyclic amines) is 1. The highest BCUT2D eigenvalue weighted by molar-refractivity contribution is 5.79. The lowest BCUT2D eigenvalue weighted by Crippen LogP contribution is -2.41. The lowest BCUT2D eigenvalue weighted by Gasteiger charge is -2.20. The molecular weight excluding hydrogens is 208 g/mol. The molecule has 2 rings (SSSR count). The summed E-state index contributed by atoms with van der Waals surface area (Å²) in [5.74, 6) is 1.25. The molecule has 0 aromatic carbocycles. The lowest BCUT2D eigenvalue weighted by atomic mass is 10.1. The number of hydrogen-bond acceptors (Lipinski definition) is 5. The molecule has 6 heteroatoms. The van der Waals surface area contributed by atoms with Crippen LogP contribution >= 0.6 is 0 Å². The predicted molar refractivity (Wildman–Crippen MR) is 56.6 cm³/mol. The van der Waals surface area contributed by atoms with E-state index in [1.54, 1.807) is 6.92 Å². The molecule has 2 unspecified atom stereocenters. The van der Waals surface area contributed by atoms with Crippen LogP contribution in [0.1, 0.15) is 31.0 Å². The number of rotatable bonds is 3. The van der Waals surface area contributed by atoms with E-state index < -0.39 is 0 Å². The second kappa shape index (κ2) is 4.21. The van der Waals surface area contributed by atoms with Crippen molar-refractivity contribution in [1.29, 1.82) is 0 Å². The molecule has 1 aromatic heterocycles. The minimum Gasteiger partial charge on any atom is -0.368 e. The number of nitrogens with zero attached hydrogens (tertiary/aromatic N) is 3. The zero-order valence-electron chi connectivity index (χ0n) is 9.51. The third kappa shape index (κ3) is 2.06. The molecule has 2 atom stereocenters. The normalized spacial score (nSPS) is 23.5. The van der Waals surface area contributed by atoms with Crippen molar-refractivity contribution in [2.45, 2.75) is 32.2 Å². The van der Waals surface area contributed by atoms with Crippen molar-refractivity contribution in [3.8, 4) is 0 Å². The highest BCUT2D eigenvalue weighted by Gasteiger charge is 2.32. The summed E-state index contributed by atoms with van der Waals surface area (Å²) in [5, 5.41) is 3.77. The van der Waals surface area contributed by atoms with Gasteiger partial charge in [-0.05, 0) is 26.8 Å². The fraction of sp³-hybridized carbons (Fsp3) is 0.700. The fourth-order valence-corrected chi connectivity index (χ4v) is 2.00. The summed E-state index contributed by atoms with van der Waals surface area (Å²) in [6.45, 7) is 5.22. The Labute approximate surface area is 93.8 Å². The molecule has 0 radical (unpaired) electrons. The number of amides is 1. The molecule has 0 spiro atoms. The smallest absolute Gasteiger partial charge is 0.234 e. The Morgan fingerprint density at radius 2 is 2.44 bits per heavy atom.